The molecule has 0 bridgehead atoms. The van der Waals surface area contributed by atoms with Gasteiger partial charge in [-0.05, 0) is 53.3 Å². The summed E-state index contributed by atoms with van der Waals surface area (Å²) in [5, 5.41) is 1.10. The van der Waals surface area contributed by atoms with Crippen LogP contribution in [0, 0.1) is 11.6 Å². The molecule has 0 unspecified atom stereocenters. The van der Waals surface area contributed by atoms with Crippen molar-refractivity contribution in [1.29, 1.82) is 0 Å². The molecule has 0 spiro atoms. The molecule has 0 atom stereocenters. The number of nitrogens with one attached hydrogen (secondary N) is 1. The third-order valence-electron chi connectivity index (χ3n) is 2.95. The van der Waals surface area contributed by atoms with Gasteiger partial charge in [0.1, 0.15) is 11.6 Å². The Kier molecular flexibility index (Phi) is 2.59. The molecule has 0 amide bonds. The molecule has 1 N–H and O–H groups in total. The molecule has 0 saturated carbocycles. The minimum atomic E-state index is -0.535. The zero-order chi connectivity index (χ0) is 12.5. The van der Waals surface area contributed by atoms with Crippen LogP contribution >= 0.6 is 0 Å². The first-order chi connectivity index (χ1) is 8.70. The molecule has 1 aromatic heterocycles. The highest BCUT2D eigenvalue weighted by Gasteiger charge is 2.03. The molecule has 0 aliphatic carbocycles. The van der Waals surface area contributed by atoms with Crippen LogP contribution in [0.25, 0.3) is 10.9 Å². The summed E-state index contributed by atoms with van der Waals surface area (Å²) in [5.74, 6) is -1.07. The monoisotopic (exact) mass is 243 g/mol. The van der Waals surface area contributed by atoms with Crippen molar-refractivity contribution in [3.05, 3.63) is 71.4 Å². The van der Waals surface area contributed by atoms with Crippen molar-refractivity contribution in [2.45, 2.75) is 6.42 Å². The van der Waals surface area contributed by atoms with Gasteiger partial charge in [0.05, 0.1) is 0 Å². The summed E-state index contributed by atoms with van der Waals surface area (Å²) in [7, 11) is 0. The van der Waals surface area contributed by atoms with Gasteiger partial charge in [-0.3, -0.25) is 0 Å². The molecule has 1 heterocycles. The SMILES string of the molecule is Fc1cc(F)cc(Cc2ccc3[nH]ccc3c2)c1. The Balaban J connectivity index is 1.95. The van der Waals surface area contributed by atoms with E-state index in [9.17, 15) is 8.78 Å². The van der Waals surface area contributed by atoms with Gasteiger partial charge in [-0.1, -0.05) is 6.07 Å². The summed E-state index contributed by atoms with van der Waals surface area (Å²) in [6, 6.07) is 11.6. The van der Waals surface area contributed by atoms with Gasteiger partial charge >= 0.3 is 0 Å². The van der Waals surface area contributed by atoms with Crippen molar-refractivity contribution in [1.82, 2.24) is 4.98 Å². The van der Waals surface area contributed by atoms with Crippen molar-refractivity contribution in [2.75, 3.05) is 0 Å². The molecule has 3 aromatic rings. The van der Waals surface area contributed by atoms with Gasteiger partial charge in [-0.15, -0.1) is 0 Å². The van der Waals surface area contributed by atoms with Crippen molar-refractivity contribution < 1.29 is 8.78 Å². The lowest BCUT2D eigenvalue weighted by Gasteiger charge is -2.03. The summed E-state index contributed by atoms with van der Waals surface area (Å²) < 4.78 is 26.2. The number of H-pyrrole nitrogens is 1. The molecule has 3 rings (SSSR count). The first-order valence-electron chi connectivity index (χ1n) is 5.72. The number of fused-ring (bicyclic) bond motifs is 1. The average Bonchev–Trinajstić information content (AvgIpc) is 2.74. The lowest BCUT2D eigenvalue weighted by molar-refractivity contribution is 0.580. The average molecular weight is 243 g/mol. The number of hydrogen-bond acceptors (Lipinski definition) is 0. The van der Waals surface area contributed by atoms with E-state index in [-0.39, 0.29) is 0 Å². The normalized spacial score (nSPS) is 11.0. The van der Waals surface area contributed by atoms with Crippen LogP contribution in [-0.2, 0) is 6.42 Å². The van der Waals surface area contributed by atoms with E-state index in [1.165, 1.54) is 12.1 Å². The molecule has 1 nitrogen and oxygen atoms in total. The van der Waals surface area contributed by atoms with Crippen molar-refractivity contribution in [3.63, 3.8) is 0 Å². The molecule has 2 aromatic carbocycles. The van der Waals surface area contributed by atoms with Gasteiger partial charge in [0, 0.05) is 17.8 Å². The number of halogens is 2. The largest absolute Gasteiger partial charge is 0.361 e. The summed E-state index contributed by atoms with van der Waals surface area (Å²) in [6.45, 7) is 0. The Labute approximate surface area is 103 Å². The van der Waals surface area contributed by atoms with Crippen molar-refractivity contribution in [3.8, 4) is 0 Å². The second-order valence-electron chi connectivity index (χ2n) is 4.35. The van der Waals surface area contributed by atoms with Gasteiger partial charge in [-0.2, -0.15) is 0 Å². The third kappa shape index (κ3) is 2.12. The Morgan fingerprint density at radius 1 is 0.833 bits per heavy atom. The molecular weight excluding hydrogens is 232 g/mol. The Morgan fingerprint density at radius 2 is 1.61 bits per heavy atom. The Hall–Kier alpha value is -2.16. The van der Waals surface area contributed by atoms with Crippen LogP contribution in [0.4, 0.5) is 8.78 Å². The lowest BCUT2D eigenvalue weighted by Crippen LogP contribution is -1.91. The van der Waals surface area contributed by atoms with Crippen LogP contribution in [0.5, 0.6) is 0 Å². The highest BCUT2D eigenvalue weighted by atomic mass is 19.1. The molecule has 0 aliphatic heterocycles. The number of rotatable bonds is 2. The van der Waals surface area contributed by atoms with E-state index in [0.717, 1.165) is 22.5 Å². The molecule has 18 heavy (non-hydrogen) atoms. The second kappa shape index (κ2) is 4.26. The predicted octanol–water partition coefficient (Wildman–Crippen LogP) is 4.04. The smallest absolute Gasteiger partial charge is 0.126 e. The molecule has 0 radical (unpaired) electrons. The molecule has 0 saturated heterocycles. The summed E-state index contributed by atoms with van der Waals surface area (Å²) in [4.78, 5) is 3.11. The maximum absolute atomic E-state index is 13.1. The van der Waals surface area contributed by atoms with Crippen LogP contribution in [0.1, 0.15) is 11.1 Å². The van der Waals surface area contributed by atoms with Crippen molar-refractivity contribution in [2.24, 2.45) is 0 Å². The van der Waals surface area contributed by atoms with Crippen LogP contribution in [-0.4, -0.2) is 4.98 Å². The van der Waals surface area contributed by atoms with Gasteiger partial charge in [0.2, 0.25) is 0 Å². The second-order valence-corrected chi connectivity index (χ2v) is 4.35. The Morgan fingerprint density at radius 3 is 2.39 bits per heavy atom. The van der Waals surface area contributed by atoms with Crippen LogP contribution in [0.3, 0.4) is 0 Å². The van der Waals surface area contributed by atoms with Gasteiger partial charge in [-0.25, -0.2) is 8.78 Å². The minimum absolute atomic E-state index is 0.524. The van der Waals surface area contributed by atoms with Crippen LogP contribution < -0.4 is 0 Å². The fraction of sp³-hybridized carbons (Fsp3) is 0.0667. The molecule has 90 valence electrons. The van der Waals surface area contributed by atoms with Gasteiger partial charge < -0.3 is 4.98 Å². The fourth-order valence-corrected chi connectivity index (χ4v) is 2.16. The highest BCUT2D eigenvalue weighted by Crippen LogP contribution is 2.18. The third-order valence-corrected chi connectivity index (χ3v) is 2.95. The molecule has 0 fully saturated rings. The minimum Gasteiger partial charge on any atom is -0.361 e. The van der Waals surface area contributed by atoms with Gasteiger partial charge in [0.25, 0.3) is 0 Å². The molecule has 0 aliphatic rings. The van der Waals surface area contributed by atoms with E-state index in [4.69, 9.17) is 0 Å². The van der Waals surface area contributed by atoms with E-state index in [0.29, 0.717) is 12.0 Å². The van der Waals surface area contributed by atoms with E-state index in [1.807, 2.05) is 30.5 Å². The number of aromatic amines is 1. The first kappa shape index (κ1) is 11.0. The quantitative estimate of drug-likeness (QED) is 0.699. The summed E-state index contributed by atoms with van der Waals surface area (Å²) >= 11 is 0. The molecule has 3 heteroatoms. The highest BCUT2D eigenvalue weighted by molar-refractivity contribution is 5.80. The standard InChI is InChI=1S/C15H11F2N/c16-13-7-11(8-14(17)9-13)5-10-1-2-15-12(6-10)3-4-18-15/h1-4,6-9,18H,5H2. The number of hydrogen-bond donors (Lipinski definition) is 1. The van der Waals surface area contributed by atoms with E-state index in [1.54, 1.807) is 0 Å². The predicted molar refractivity (Wildman–Crippen MR) is 67.5 cm³/mol. The van der Waals surface area contributed by atoms with E-state index < -0.39 is 11.6 Å². The first-order valence-corrected chi connectivity index (χ1v) is 5.72. The topological polar surface area (TPSA) is 15.8 Å². The summed E-state index contributed by atoms with van der Waals surface area (Å²) in [5.41, 5.74) is 2.73. The maximum atomic E-state index is 13.1. The fourth-order valence-electron chi connectivity index (χ4n) is 2.16. The van der Waals surface area contributed by atoms with E-state index in [2.05, 4.69) is 4.98 Å². The maximum Gasteiger partial charge on any atom is 0.126 e. The van der Waals surface area contributed by atoms with Gasteiger partial charge in [0.15, 0.2) is 0 Å². The van der Waals surface area contributed by atoms with Crippen molar-refractivity contribution >= 4 is 10.9 Å². The number of benzene rings is 2. The molecular formula is C15H11F2N. The van der Waals surface area contributed by atoms with Crippen LogP contribution in [0.15, 0.2) is 48.7 Å². The summed E-state index contributed by atoms with van der Waals surface area (Å²) in [6.07, 6.45) is 2.39. The zero-order valence-corrected chi connectivity index (χ0v) is 9.58. The lowest BCUT2D eigenvalue weighted by atomic mass is 10.0. The van der Waals surface area contributed by atoms with Crippen LogP contribution in [0.2, 0.25) is 0 Å². The Bertz CT molecular complexity index is 680. The zero-order valence-electron chi connectivity index (χ0n) is 9.58. The van der Waals surface area contributed by atoms with E-state index >= 15 is 0 Å². The number of aromatic nitrogens is 1.